The summed E-state index contributed by atoms with van der Waals surface area (Å²) in [6.45, 7) is -0.160. The van der Waals surface area contributed by atoms with E-state index in [9.17, 15) is 4.79 Å². The van der Waals surface area contributed by atoms with Crippen molar-refractivity contribution >= 4 is 34.8 Å². The van der Waals surface area contributed by atoms with Crippen molar-refractivity contribution < 1.29 is 19.0 Å². The quantitative estimate of drug-likeness (QED) is 0.849. The van der Waals surface area contributed by atoms with Crippen LogP contribution in [-0.4, -0.2) is 26.7 Å². The second kappa shape index (κ2) is 7.94. The number of hydrogen-bond donors (Lipinski definition) is 1. The summed E-state index contributed by atoms with van der Waals surface area (Å²) >= 11 is 11.9. The fourth-order valence-corrected chi connectivity index (χ4v) is 2.14. The lowest BCUT2D eigenvalue weighted by Gasteiger charge is -2.13. The number of methoxy groups -OCH3 is 2. The number of nitrogens with one attached hydrogen (secondary N) is 1. The van der Waals surface area contributed by atoms with Crippen LogP contribution in [0.1, 0.15) is 0 Å². The number of amides is 1. The average molecular weight is 356 g/mol. The maximum atomic E-state index is 12.0. The van der Waals surface area contributed by atoms with Crippen LogP contribution < -0.4 is 19.5 Å². The van der Waals surface area contributed by atoms with Crippen LogP contribution in [0.2, 0.25) is 10.0 Å². The fourth-order valence-electron chi connectivity index (χ4n) is 1.82. The third-order valence-corrected chi connectivity index (χ3v) is 3.50. The van der Waals surface area contributed by atoms with Crippen molar-refractivity contribution in [2.45, 2.75) is 0 Å². The summed E-state index contributed by atoms with van der Waals surface area (Å²) in [5, 5.41) is 3.59. The van der Waals surface area contributed by atoms with Crippen LogP contribution in [0.25, 0.3) is 0 Å². The first-order valence-corrected chi connectivity index (χ1v) is 7.39. The van der Waals surface area contributed by atoms with Gasteiger partial charge in [-0.3, -0.25) is 4.79 Å². The predicted molar refractivity (Wildman–Crippen MR) is 90.1 cm³/mol. The van der Waals surface area contributed by atoms with Gasteiger partial charge in [-0.2, -0.15) is 0 Å². The Morgan fingerprint density at radius 2 is 1.65 bits per heavy atom. The smallest absolute Gasteiger partial charge is 0.262 e. The number of carbonyl (C=O) groups is 1. The molecule has 2 aromatic rings. The zero-order valence-electron chi connectivity index (χ0n) is 12.6. The molecule has 122 valence electrons. The molecule has 1 amide bonds. The molecule has 2 aromatic carbocycles. The molecule has 0 bridgehead atoms. The summed E-state index contributed by atoms with van der Waals surface area (Å²) in [6.07, 6.45) is 0. The van der Waals surface area contributed by atoms with E-state index in [2.05, 4.69) is 5.32 Å². The van der Waals surface area contributed by atoms with Gasteiger partial charge in [-0.1, -0.05) is 23.2 Å². The zero-order valence-corrected chi connectivity index (χ0v) is 14.1. The van der Waals surface area contributed by atoms with Crippen molar-refractivity contribution in [2.24, 2.45) is 0 Å². The van der Waals surface area contributed by atoms with Crippen LogP contribution in [0.5, 0.6) is 17.2 Å². The topological polar surface area (TPSA) is 56.8 Å². The SMILES string of the molecule is COc1cc(Cl)c(NC(=O)COc2ccc(Cl)cc2)cc1OC. The minimum Gasteiger partial charge on any atom is -0.493 e. The van der Waals surface area contributed by atoms with Crippen molar-refractivity contribution in [1.82, 2.24) is 0 Å². The monoisotopic (exact) mass is 355 g/mol. The van der Waals surface area contributed by atoms with E-state index in [1.807, 2.05) is 0 Å². The van der Waals surface area contributed by atoms with Gasteiger partial charge in [0.2, 0.25) is 0 Å². The zero-order chi connectivity index (χ0) is 16.8. The molecular weight excluding hydrogens is 341 g/mol. The lowest BCUT2D eigenvalue weighted by Crippen LogP contribution is -2.20. The van der Waals surface area contributed by atoms with E-state index in [-0.39, 0.29) is 12.5 Å². The van der Waals surface area contributed by atoms with Crippen LogP contribution in [-0.2, 0) is 4.79 Å². The molecule has 0 radical (unpaired) electrons. The fraction of sp³-hybridized carbons (Fsp3) is 0.188. The highest BCUT2D eigenvalue weighted by Crippen LogP contribution is 2.35. The van der Waals surface area contributed by atoms with E-state index in [0.29, 0.717) is 33.0 Å². The highest BCUT2D eigenvalue weighted by molar-refractivity contribution is 6.34. The molecule has 0 heterocycles. The molecule has 0 fully saturated rings. The van der Waals surface area contributed by atoms with Gasteiger partial charge in [0, 0.05) is 17.2 Å². The Balaban J connectivity index is 2.01. The molecule has 0 spiro atoms. The molecule has 0 aliphatic rings. The second-order valence-electron chi connectivity index (χ2n) is 4.48. The van der Waals surface area contributed by atoms with Gasteiger partial charge in [0.25, 0.3) is 5.91 Å². The van der Waals surface area contributed by atoms with Crippen LogP contribution in [0.4, 0.5) is 5.69 Å². The number of hydrogen-bond acceptors (Lipinski definition) is 4. The van der Waals surface area contributed by atoms with Crippen LogP contribution in [0.15, 0.2) is 36.4 Å². The van der Waals surface area contributed by atoms with Gasteiger partial charge in [0.1, 0.15) is 5.75 Å². The van der Waals surface area contributed by atoms with Gasteiger partial charge in [-0.15, -0.1) is 0 Å². The van der Waals surface area contributed by atoms with Crippen LogP contribution in [0, 0.1) is 0 Å². The molecule has 1 N–H and O–H groups in total. The number of benzene rings is 2. The van der Waals surface area contributed by atoms with Crippen molar-refractivity contribution in [1.29, 1.82) is 0 Å². The summed E-state index contributed by atoms with van der Waals surface area (Å²) in [6, 6.07) is 9.87. The van der Waals surface area contributed by atoms with Crippen LogP contribution in [0.3, 0.4) is 0 Å². The number of anilines is 1. The minimum atomic E-state index is -0.353. The van der Waals surface area contributed by atoms with E-state index >= 15 is 0 Å². The van der Waals surface area contributed by atoms with E-state index in [0.717, 1.165) is 0 Å². The Morgan fingerprint density at radius 1 is 1.04 bits per heavy atom. The second-order valence-corrected chi connectivity index (χ2v) is 5.32. The largest absolute Gasteiger partial charge is 0.493 e. The van der Waals surface area contributed by atoms with Crippen LogP contribution >= 0.6 is 23.2 Å². The Morgan fingerprint density at radius 3 is 2.26 bits per heavy atom. The molecular formula is C16H15Cl2NO4. The molecule has 0 saturated carbocycles. The predicted octanol–water partition coefficient (Wildman–Crippen LogP) is 4.03. The minimum absolute atomic E-state index is 0.160. The third-order valence-electron chi connectivity index (χ3n) is 2.93. The maximum absolute atomic E-state index is 12.0. The molecule has 0 atom stereocenters. The van der Waals surface area contributed by atoms with Crippen molar-refractivity contribution in [2.75, 3.05) is 26.1 Å². The van der Waals surface area contributed by atoms with Gasteiger partial charge in [-0.05, 0) is 24.3 Å². The van der Waals surface area contributed by atoms with Gasteiger partial charge in [0.15, 0.2) is 18.1 Å². The number of rotatable bonds is 6. The molecule has 23 heavy (non-hydrogen) atoms. The van der Waals surface area contributed by atoms with Gasteiger partial charge < -0.3 is 19.5 Å². The summed E-state index contributed by atoms with van der Waals surface area (Å²) < 4.78 is 15.7. The number of halogens is 2. The molecule has 2 rings (SSSR count). The first-order chi connectivity index (χ1) is 11.0. The molecule has 0 aliphatic heterocycles. The molecule has 7 heteroatoms. The summed E-state index contributed by atoms with van der Waals surface area (Å²) in [4.78, 5) is 12.0. The van der Waals surface area contributed by atoms with E-state index < -0.39 is 0 Å². The maximum Gasteiger partial charge on any atom is 0.262 e. The highest BCUT2D eigenvalue weighted by Gasteiger charge is 2.12. The van der Waals surface area contributed by atoms with Gasteiger partial charge in [0.05, 0.1) is 24.9 Å². The van der Waals surface area contributed by atoms with Crippen molar-refractivity contribution in [3.63, 3.8) is 0 Å². The highest BCUT2D eigenvalue weighted by atomic mass is 35.5. The number of ether oxygens (including phenoxy) is 3. The Labute approximate surface area is 144 Å². The summed E-state index contributed by atoms with van der Waals surface area (Å²) in [5.74, 6) is 1.13. The summed E-state index contributed by atoms with van der Waals surface area (Å²) in [7, 11) is 3.01. The molecule has 0 saturated heterocycles. The van der Waals surface area contributed by atoms with E-state index in [1.165, 1.54) is 14.2 Å². The standard InChI is InChI=1S/C16H15Cl2NO4/c1-21-14-7-12(18)13(8-15(14)22-2)19-16(20)9-23-11-5-3-10(17)4-6-11/h3-8H,9H2,1-2H3,(H,19,20). The first-order valence-electron chi connectivity index (χ1n) is 6.63. The normalized spacial score (nSPS) is 10.1. The van der Waals surface area contributed by atoms with E-state index in [4.69, 9.17) is 37.4 Å². The first kappa shape index (κ1) is 17.2. The summed E-state index contributed by atoms with van der Waals surface area (Å²) in [5.41, 5.74) is 0.411. The van der Waals surface area contributed by atoms with Gasteiger partial charge >= 0.3 is 0 Å². The lowest BCUT2D eigenvalue weighted by atomic mass is 10.2. The molecule has 0 aromatic heterocycles. The average Bonchev–Trinajstić information content (AvgIpc) is 2.55. The van der Waals surface area contributed by atoms with Crippen molar-refractivity contribution in [3.8, 4) is 17.2 Å². The Kier molecular flexibility index (Phi) is 5.96. The third kappa shape index (κ3) is 4.68. The van der Waals surface area contributed by atoms with E-state index in [1.54, 1.807) is 36.4 Å². The number of carbonyl (C=O) groups excluding carboxylic acids is 1. The Hall–Kier alpha value is -2.11. The lowest BCUT2D eigenvalue weighted by molar-refractivity contribution is -0.118. The Bertz CT molecular complexity index is 689. The molecule has 0 unspecified atom stereocenters. The molecule has 0 aliphatic carbocycles. The van der Waals surface area contributed by atoms with Gasteiger partial charge in [-0.25, -0.2) is 0 Å². The van der Waals surface area contributed by atoms with Crippen molar-refractivity contribution in [3.05, 3.63) is 46.4 Å². The molecule has 5 nitrogen and oxygen atoms in total.